The van der Waals surface area contributed by atoms with Crippen LogP contribution in [-0.2, 0) is 10.0 Å². The molecule has 0 atom stereocenters. The van der Waals surface area contributed by atoms with Gasteiger partial charge in [-0.2, -0.15) is 4.31 Å². The summed E-state index contributed by atoms with van der Waals surface area (Å²) in [5, 5.41) is 9.39. The Labute approximate surface area is 117 Å². The van der Waals surface area contributed by atoms with Crippen molar-refractivity contribution in [2.24, 2.45) is 0 Å². The van der Waals surface area contributed by atoms with Crippen molar-refractivity contribution in [2.75, 3.05) is 19.7 Å². The lowest BCUT2D eigenvalue weighted by Crippen LogP contribution is -2.34. The predicted molar refractivity (Wildman–Crippen MR) is 72.6 cm³/mol. The summed E-state index contributed by atoms with van der Waals surface area (Å²) in [6.45, 7) is 2.02. The third-order valence-corrected chi connectivity index (χ3v) is 4.95. The van der Waals surface area contributed by atoms with Crippen LogP contribution in [0.4, 0.5) is 0 Å². The highest BCUT2D eigenvalue weighted by Gasteiger charge is 2.25. The Balaban J connectivity index is 3.17. The van der Waals surface area contributed by atoms with Gasteiger partial charge in [0.05, 0.1) is 11.6 Å². The third kappa shape index (κ3) is 3.59. The van der Waals surface area contributed by atoms with Gasteiger partial charge in [-0.15, -0.1) is 0 Å². The zero-order valence-electron chi connectivity index (χ0n) is 9.94. The van der Waals surface area contributed by atoms with Gasteiger partial charge in [0.2, 0.25) is 10.0 Å². The Morgan fingerprint density at radius 1 is 1.28 bits per heavy atom. The molecule has 0 unspecified atom stereocenters. The average molecular weight is 312 g/mol. The first kappa shape index (κ1) is 15.7. The van der Waals surface area contributed by atoms with Crippen molar-refractivity contribution >= 4 is 33.2 Å². The Morgan fingerprint density at radius 3 is 2.44 bits per heavy atom. The molecule has 0 amide bonds. The van der Waals surface area contributed by atoms with E-state index >= 15 is 0 Å². The zero-order chi connectivity index (χ0) is 13.8. The molecule has 0 aliphatic rings. The van der Waals surface area contributed by atoms with E-state index in [1.54, 1.807) is 0 Å². The first-order chi connectivity index (χ1) is 8.43. The lowest BCUT2D eigenvalue weighted by Gasteiger charge is -2.21. The molecule has 1 N–H and O–H groups in total. The van der Waals surface area contributed by atoms with Gasteiger partial charge in [-0.3, -0.25) is 0 Å². The van der Waals surface area contributed by atoms with Crippen LogP contribution in [-0.4, -0.2) is 37.5 Å². The molecule has 7 heteroatoms. The van der Waals surface area contributed by atoms with E-state index in [2.05, 4.69) is 0 Å². The van der Waals surface area contributed by atoms with Crippen molar-refractivity contribution in [3.63, 3.8) is 0 Å². The summed E-state index contributed by atoms with van der Waals surface area (Å²) in [5.74, 6) is 0. The van der Waals surface area contributed by atoms with Crippen molar-refractivity contribution in [3.8, 4) is 0 Å². The van der Waals surface area contributed by atoms with Gasteiger partial charge in [-0.05, 0) is 24.6 Å². The maximum Gasteiger partial charge on any atom is 0.244 e. The summed E-state index contributed by atoms with van der Waals surface area (Å²) in [5.41, 5.74) is 0. The van der Waals surface area contributed by atoms with E-state index in [4.69, 9.17) is 28.3 Å². The summed E-state index contributed by atoms with van der Waals surface area (Å²) in [4.78, 5) is 0.00969. The van der Waals surface area contributed by atoms with Gasteiger partial charge in [0.1, 0.15) is 4.90 Å². The van der Waals surface area contributed by atoms with Crippen LogP contribution in [0.2, 0.25) is 10.0 Å². The minimum atomic E-state index is -3.69. The first-order valence-corrected chi connectivity index (χ1v) is 7.69. The van der Waals surface area contributed by atoms with E-state index in [0.29, 0.717) is 18.0 Å². The summed E-state index contributed by atoms with van der Waals surface area (Å²) < 4.78 is 25.9. The van der Waals surface area contributed by atoms with Gasteiger partial charge in [0, 0.05) is 18.1 Å². The Bertz CT molecular complexity index is 499. The molecular weight excluding hydrogens is 297 g/mol. The van der Waals surface area contributed by atoms with Crippen LogP contribution in [0.15, 0.2) is 23.1 Å². The first-order valence-electron chi connectivity index (χ1n) is 5.49. The van der Waals surface area contributed by atoms with Crippen molar-refractivity contribution in [2.45, 2.75) is 18.2 Å². The maximum atomic E-state index is 12.3. The molecule has 1 rings (SSSR count). The van der Waals surface area contributed by atoms with E-state index in [9.17, 15) is 8.42 Å². The van der Waals surface area contributed by atoms with Crippen molar-refractivity contribution in [1.29, 1.82) is 0 Å². The second kappa shape index (κ2) is 6.73. The summed E-state index contributed by atoms with van der Waals surface area (Å²) in [6.07, 6.45) is 0.657. The fraction of sp³-hybridized carbons (Fsp3) is 0.455. The largest absolute Gasteiger partial charge is 0.395 e. The van der Waals surface area contributed by atoms with Crippen LogP contribution < -0.4 is 0 Å². The smallest absolute Gasteiger partial charge is 0.244 e. The van der Waals surface area contributed by atoms with Crippen LogP contribution in [0, 0.1) is 0 Å². The Hall–Kier alpha value is -0.330. The minimum absolute atomic E-state index is 0.00969. The third-order valence-electron chi connectivity index (χ3n) is 2.33. The van der Waals surface area contributed by atoms with Gasteiger partial charge < -0.3 is 5.11 Å². The van der Waals surface area contributed by atoms with Crippen LogP contribution in [0.3, 0.4) is 0 Å². The molecule has 0 aromatic heterocycles. The highest BCUT2D eigenvalue weighted by molar-refractivity contribution is 7.89. The van der Waals surface area contributed by atoms with Crippen LogP contribution >= 0.6 is 23.2 Å². The Morgan fingerprint density at radius 2 is 1.94 bits per heavy atom. The SMILES string of the molecule is CCCN(CCO)S(=O)(=O)c1ccc(Cl)cc1Cl. The number of hydrogen-bond acceptors (Lipinski definition) is 3. The standard InChI is InChI=1S/C11H15Cl2NO3S/c1-2-5-14(6-7-15)18(16,17)11-4-3-9(12)8-10(11)13/h3-4,8,15H,2,5-7H2,1H3. The number of hydrogen-bond donors (Lipinski definition) is 1. The second-order valence-corrected chi connectivity index (χ2v) is 6.45. The van der Waals surface area contributed by atoms with Crippen LogP contribution in [0.25, 0.3) is 0 Å². The van der Waals surface area contributed by atoms with E-state index in [1.807, 2.05) is 6.92 Å². The molecule has 0 radical (unpaired) electrons. The minimum Gasteiger partial charge on any atom is -0.395 e. The number of aliphatic hydroxyl groups is 1. The molecule has 0 saturated heterocycles. The second-order valence-electron chi connectivity index (χ2n) is 3.70. The molecule has 1 aromatic carbocycles. The molecule has 102 valence electrons. The highest BCUT2D eigenvalue weighted by Crippen LogP contribution is 2.27. The molecule has 0 spiro atoms. The number of halogens is 2. The lowest BCUT2D eigenvalue weighted by molar-refractivity contribution is 0.253. The van der Waals surface area contributed by atoms with Gasteiger partial charge >= 0.3 is 0 Å². The molecule has 0 fully saturated rings. The van der Waals surface area contributed by atoms with E-state index in [0.717, 1.165) is 0 Å². The number of nitrogens with zero attached hydrogens (tertiary/aromatic N) is 1. The Kier molecular flexibility index (Phi) is 5.88. The number of sulfonamides is 1. The number of aliphatic hydroxyl groups excluding tert-OH is 1. The molecular formula is C11H15Cl2NO3S. The molecule has 0 aliphatic heterocycles. The quantitative estimate of drug-likeness (QED) is 0.877. The fourth-order valence-corrected chi connectivity index (χ4v) is 3.81. The van der Waals surface area contributed by atoms with Crippen LogP contribution in [0.1, 0.15) is 13.3 Å². The van der Waals surface area contributed by atoms with Crippen molar-refractivity contribution < 1.29 is 13.5 Å². The highest BCUT2D eigenvalue weighted by atomic mass is 35.5. The molecule has 0 saturated carbocycles. The summed E-state index contributed by atoms with van der Waals surface area (Å²) >= 11 is 11.6. The molecule has 1 aromatic rings. The van der Waals surface area contributed by atoms with Crippen LogP contribution in [0.5, 0.6) is 0 Å². The maximum absolute atomic E-state index is 12.3. The van der Waals surface area contributed by atoms with Gasteiger partial charge in [0.25, 0.3) is 0 Å². The van der Waals surface area contributed by atoms with Gasteiger partial charge in [-0.1, -0.05) is 30.1 Å². The molecule has 0 bridgehead atoms. The molecule has 0 aliphatic carbocycles. The van der Waals surface area contributed by atoms with E-state index in [-0.39, 0.29) is 23.1 Å². The monoisotopic (exact) mass is 311 g/mol. The lowest BCUT2D eigenvalue weighted by atomic mass is 10.4. The van der Waals surface area contributed by atoms with Gasteiger partial charge in [-0.25, -0.2) is 8.42 Å². The molecule has 0 heterocycles. The zero-order valence-corrected chi connectivity index (χ0v) is 12.3. The van der Waals surface area contributed by atoms with Gasteiger partial charge in [0.15, 0.2) is 0 Å². The summed E-state index contributed by atoms with van der Waals surface area (Å²) in [7, 11) is -3.69. The molecule has 18 heavy (non-hydrogen) atoms. The molecule has 4 nitrogen and oxygen atoms in total. The average Bonchev–Trinajstić information content (AvgIpc) is 2.28. The van der Waals surface area contributed by atoms with E-state index < -0.39 is 10.0 Å². The van der Waals surface area contributed by atoms with Crippen molar-refractivity contribution in [1.82, 2.24) is 4.31 Å². The topological polar surface area (TPSA) is 57.6 Å². The number of benzene rings is 1. The predicted octanol–water partition coefficient (Wildman–Crippen LogP) is 2.39. The summed E-state index contributed by atoms with van der Waals surface area (Å²) in [6, 6.07) is 4.24. The normalized spacial score (nSPS) is 12.1. The number of rotatable bonds is 6. The fourth-order valence-electron chi connectivity index (χ4n) is 1.54. The van der Waals surface area contributed by atoms with E-state index in [1.165, 1.54) is 22.5 Å². The van der Waals surface area contributed by atoms with Crippen molar-refractivity contribution in [3.05, 3.63) is 28.2 Å².